The molecule has 0 unspecified atom stereocenters. The molecule has 3 rings (SSSR count). The van der Waals surface area contributed by atoms with Crippen LogP contribution in [0.2, 0.25) is 0 Å². The highest BCUT2D eigenvalue weighted by molar-refractivity contribution is 7.22. The summed E-state index contributed by atoms with van der Waals surface area (Å²) in [4.78, 5) is 15.6. The lowest BCUT2D eigenvalue weighted by Gasteiger charge is -2.04. The lowest BCUT2D eigenvalue weighted by Crippen LogP contribution is -2.04. The minimum absolute atomic E-state index is 0.0773. The zero-order chi connectivity index (χ0) is 14.7. The van der Waals surface area contributed by atoms with Crippen molar-refractivity contribution in [3.05, 3.63) is 48.0 Å². The number of carbonyl (C=O) groups excluding carboxylic acids is 1. The summed E-state index contributed by atoms with van der Waals surface area (Å²) in [5.74, 6) is 0. The van der Waals surface area contributed by atoms with Crippen LogP contribution in [0.5, 0.6) is 0 Å². The molecule has 0 radical (unpaired) electrons. The van der Waals surface area contributed by atoms with Crippen molar-refractivity contribution in [3.63, 3.8) is 0 Å². The fraction of sp³-hybridized carbons (Fsp3) is 0.125. The highest BCUT2D eigenvalue weighted by Crippen LogP contribution is 2.31. The van der Waals surface area contributed by atoms with E-state index in [2.05, 4.69) is 10.3 Å². The van der Waals surface area contributed by atoms with E-state index in [9.17, 15) is 4.79 Å². The maximum absolute atomic E-state index is 11.1. The largest absolute Gasteiger partial charge is 0.395 e. The topological polar surface area (TPSA) is 62.2 Å². The Morgan fingerprint density at radius 1 is 1.24 bits per heavy atom. The molecule has 0 fully saturated rings. The van der Waals surface area contributed by atoms with E-state index in [1.807, 2.05) is 42.5 Å². The van der Waals surface area contributed by atoms with Gasteiger partial charge in [0, 0.05) is 12.1 Å². The second-order valence-corrected chi connectivity index (χ2v) is 5.59. The van der Waals surface area contributed by atoms with Crippen molar-refractivity contribution >= 4 is 33.0 Å². The smallest absolute Gasteiger partial charge is 0.183 e. The van der Waals surface area contributed by atoms with E-state index in [1.165, 1.54) is 0 Å². The summed E-state index contributed by atoms with van der Waals surface area (Å²) in [6.45, 7) is 0.564. The third-order valence-corrected chi connectivity index (χ3v) is 4.17. The van der Waals surface area contributed by atoms with Gasteiger partial charge in [-0.25, -0.2) is 4.98 Å². The minimum atomic E-state index is 0.0773. The maximum Gasteiger partial charge on any atom is 0.183 e. The number of aldehydes is 1. The normalized spacial score (nSPS) is 10.7. The van der Waals surface area contributed by atoms with Gasteiger partial charge in [-0.05, 0) is 23.3 Å². The average Bonchev–Trinajstić information content (AvgIpc) is 2.94. The fourth-order valence-corrected chi connectivity index (χ4v) is 3.07. The summed E-state index contributed by atoms with van der Waals surface area (Å²) >= 11 is 1.55. The van der Waals surface area contributed by atoms with E-state index in [-0.39, 0.29) is 6.61 Å². The molecule has 0 aliphatic rings. The van der Waals surface area contributed by atoms with E-state index in [4.69, 9.17) is 5.11 Å². The number of aliphatic hydroxyl groups is 1. The molecule has 0 saturated heterocycles. The standard InChI is InChI=1S/C16H14N2O2S/c19-8-7-17-16-18-14-9-11(5-6-15(14)21-16)13-4-2-1-3-12(13)10-20/h1-6,9-10,19H,7-8H2,(H,17,18). The quantitative estimate of drug-likeness (QED) is 0.710. The summed E-state index contributed by atoms with van der Waals surface area (Å²) in [5, 5.41) is 12.7. The molecule has 0 saturated carbocycles. The molecule has 0 atom stereocenters. The third-order valence-electron chi connectivity index (χ3n) is 3.17. The number of hydrogen-bond acceptors (Lipinski definition) is 5. The number of benzene rings is 2. The van der Waals surface area contributed by atoms with Crippen molar-refractivity contribution in [1.29, 1.82) is 0 Å². The van der Waals surface area contributed by atoms with Crippen LogP contribution in [0.1, 0.15) is 10.4 Å². The Kier molecular flexibility index (Phi) is 3.94. The number of hydrogen-bond donors (Lipinski definition) is 2. The molecule has 4 nitrogen and oxygen atoms in total. The monoisotopic (exact) mass is 298 g/mol. The van der Waals surface area contributed by atoms with Gasteiger partial charge >= 0.3 is 0 Å². The molecule has 1 aromatic heterocycles. The van der Waals surface area contributed by atoms with Crippen molar-refractivity contribution in [1.82, 2.24) is 4.98 Å². The number of nitrogens with zero attached hydrogens (tertiary/aromatic N) is 1. The van der Waals surface area contributed by atoms with Crippen LogP contribution in [-0.2, 0) is 0 Å². The number of aliphatic hydroxyl groups excluding tert-OH is 1. The van der Waals surface area contributed by atoms with E-state index in [0.717, 1.165) is 32.8 Å². The van der Waals surface area contributed by atoms with Gasteiger partial charge in [0.15, 0.2) is 11.4 Å². The van der Waals surface area contributed by atoms with E-state index in [1.54, 1.807) is 11.3 Å². The van der Waals surface area contributed by atoms with Gasteiger partial charge in [0.25, 0.3) is 0 Å². The van der Waals surface area contributed by atoms with Gasteiger partial charge in [-0.3, -0.25) is 4.79 Å². The summed E-state index contributed by atoms with van der Waals surface area (Å²) in [5.41, 5.74) is 3.45. The molecule has 0 aliphatic heterocycles. The second kappa shape index (κ2) is 6.03. The van der Waals surface area contributed by atoms with Crippen molar-refractivity contribution in [2.45, 2.75) is 0 Å². The van der Waals surface area contributed by atoms with E-state index < -0.39 is 0 Å². The molecule has 0 bridgehead atoms. The van der Waals surface area contributed by atoms with Gasteiger partial charge in [0.1, 0.15) is 0 Å². The van der Waals surface area contributed by atoms with Crippen LogP contribution in [0.25, 0.3) is 21.3 Å². The third kappa shape index (κ3) is 2.79. The molecular formula is C16H14N2O2S. The van der Waals surface area contributed by atoms with Gasteiger partial charge in [-0.2, -0.15) is 0 Å². The first-order valence-corrected chi connectivity index (χ1v) is 7.43. The van der Waals surface area contributed by atoms with Crippen molar-refractivity contribution in [2.75, 3.05) is 18.5 Å². The minimum Gasteiger partial charge on any atom is -0.395 e. The molecule has 1 heterocycles. The Morgan fingerprint density at radius 2 is 2.10 bits per heavy atom. The number of nitrogens with one attached hydrogen (secondary N) is 1. The average molecular weight is 298 g/mol. The molecule has 3 aromatic rings. The van der Waals surface area contributed by atoms with Crippen LogP contribution in [0.3, 0.4) is 0 Å². The molecule has 2 N–H and O–H groups in total. The van der Waals surface area contributed by atoms with Gasteiger partial charge in [0.2, 0.25) is 0 Å². The first-order valence-electron chi connectivity index (χ1n) is 6.62. The summed E-state index contributed by atoms with van der Waals surface area (Å²) in [7, 11) is 0. The van der Waals surface area contributed by atoms with Crippen molar-refractivity contribution in [3.8, 4) is 11.1 Å². The van der Waals surface area contributed by atoms with Crippen LogP contribution in [0.4, 0.5) is 5.13 Å². The molecule has 2 aromatic carbocycles. The lowest BCUT2D eigenvalue weighted by molar-refractivity contribution is 0.112. The summed E-state index contributed by atoms with van der Waals surface area (Å²) in [6, 6.07) is 13.5. The molecule has 0 aliphatic carbocycles. The zero-order valence-electron chi connectivity index (χ0n) is 11.2. The number of rotatable bonds is 5. The van der Waals surface area contributed by atoms with Gasteiger partial charge in [-0.15, -0.1) is 0 Å². The van der Waals surface area contributed by atoms with Crippen molar-refractivity contribution in [2.24, 2.45) is 0 Å². The highest BCUT2D eigenvalue weighted by atomic mass is 32.1. The predicted octanol–water partition coefficient (Wildman–Crippen LogP) is 3.18. The number of carbonyl (C=O) groups is 1. The predicted molar refractivity (Wildman–Crippen MR) is 86.0 cm³/mol. The van der Waals surface area contributed by atoms with E-state index >= 15 is 0 Å². The number of aromatic nitrogens is 1. The van der Waals surface area contributed by atoms with Gasteiger partial charge < -0.3 is 10.4 Å². The first-order chi connectivity index (χ1) is 10.3. The fourth-order valence-electron chi connectivity index (χ4n) is 2.20. The highest BCUT2D eigenvalue weighted by Gasteiger charge is 2.08. The van der Waals surface area contributed by atoms with Crippen LogP contribution < -0.4 is 5.32 Å². The van der Waals surface area contributed by atoms with Gasteiger partial charge in [-0.1, -0.05) is 41.7 Å². The van der Waals surface area contributed by atoms with Crippen LogP contribution in [-0.4, -0.2) is 29.5 Å². The Labute approximate surface area is 126 Å². The number of thiazole rings is 1. The molecule has 21 heavy (non-hydrogen) atoms. The SMILES string of the molecule is O=Cc1ccccc1-c1ccc2sc(NCCO)nc2c1. The Balaban J connectivity index is 2.02. The molecule has 0 spiro atoms. The van der Waals surface area contributed by atoms with Crippen LogP contribution in [0, 0.1) is 0 Å². The lowest BCUT2D eigenvalue weighted by atomic mass is 10.0. The molecule has 106 valence electrons. The first kappa shape index (κ1) is 13.7. The Morgan fingerprint density at radius 3 is 2.90 bits per heavy atom. The number of anilines is 1. The van der Waals surface area contributed by atoms with E-state index in [0.29, 0.717) is 12.1 Å². The maximum atomic E-state index is 11.1. The summed E-state index contributed by atoms with van der Waals surface area (Å²) in [6.07, 6.45) is 0.870. The second-order valence-electron chi connectivity index (χ2n) is 4.56. The summed E-state index contributed by atoms with van der Waals surface area (Å²) < 4.78 is 1.07. The van der Waals surface area contributed by atoms with Crippen LogP contribution in [0.15, 0.2) is 42.5 Å². The Bertz CT molecular complexity index is 783. The molecule has 5 heteroatoms. The van der Waals surface area contributed by atoms with Crippen molar-refractivity contribution < 1.29 is 9.90 Å². The zero-order valence-corrected chi connectivity index (χ0v) is 12.1. The number of fused-ring (bicyclic) bond motifs is 1. The Hall–Kier alpha value is -2.24. The van der Waals surface area contributed by atoms with Gasteiger partial charge in [0.05, 0.1) is 16.8 Å². The molecular weight excluding hydrogens is 284 g/mol. The molecule has 0 amide bonds. The van der Waals surface area contributed by atoms with Crippen LogP contribution >= 0.6 is 11.3 Å².